The molecule has 0 aliphatic heterocycles. The van der Waals surface area contributed by atoms with Gasteiger partial charge in [-0.05, 0) is 105 Å². The zero-order valence-corrected chi connectivity index (χ0v) is 30.5. The number of fused-ring (bicyclic) bond motifs is 7. The van der Waals surface area contributed by atoms with E-state index in [0.717, 1.165) is 39.1 Å². The molecule has 0 unspecified atom stereocenters. The normalized spacial score (nSPS) is 11.6. The highest BCUT2D eigenvalue weighted by atomic mass is 15.1. The lowest BCUT2D eigenvalue weighted by Crippen LogP contribution is -1.98. The lowest BCUT2D eigenvalue weighted by molar-refractivity contribution is 1.14. The lowest BCUT2D eigenvalue weighted by Gasteiger charge is -2.15. The van der Waals surface area contributed by atoms with Crippen molar-refractivity contribution in [2.24, 2.45) is 0 Å². The van der Waals surface area contributed by atoms with Gasteiger partial charge in [-0.15, -0.1) is 0 Å². The SMILES string of the molecule is c1ccc(-c2cc(-c3ccccc3)cc(-n3c4ccc5c6ccccc6n(-c6cc(-c7ccccc7)cc(-c7ccccc7)c6)c5c4c4cccnc43)c2)cc1. The Hall–Kier alpha value is -7.49. The smallest absolute Gasteiger partial charge is 0.145 e. The Kier molecular flexibility index (Phi) is 7.49. The molecule has 0 aliphatic carbocycles. The third kappa shape index (κ3) is 5.25. The van der Waals surface area contributed by atoms with Gasteiger partial charge in [0.05, 0.1) is 16.6 Å². The molecule has 8 aromatic carbocycles. The summed E-state index contributed by atoms with van der Waals surface area (Å²) in [5.74, 6) is 0. The van der Waals surface area contributed by atoms with E-state index >= 15 is 0 Å². The van der Waals surface area contributed by atoms with Crippen molar-refractivity contribution in [1.29, 1.82) is 0 Å². The van der Waals surface area contributed by atoms with Gasteiger partial charge in [-0.1, -0.05) is 146 Å². The van der Waals surface area contributed by atoms with E-state index in [1.807, 2.05) is 6.20 Å². The average molecular weight is 714 g/mol. The van der Waals surface area contributed by atoms with Crippen LogP contribution in [-0.4, -0.2) is 14.1 Å². The van der Waals surface area contributed by atoms with Crippen LogP contribution in [0.4, 0.5) is 0 Å². The molecule has 3 heterocycles. The van der Waals surface area contributed by atoms with Gasteiger partial charge in [0.15, 0.2) is 0 Å². The maximum Gasteiger partial charge on any atom is 0.145 e. The van der Waals surface area contributed by atoms with Gasteiger partial charge < -0.3 is 4.57 Å². The summed E-state index contributed by atoms with van der Waals surface area (Å²) in [6, 6.07) is 74.4. The molecule has 0 atom stereocenters. The van der Waals surface area contributed by atoms with Crippen LogP contribution in [0.25, 0.3) is 99.6 Å². The summed E-state index contributed by atoms with van der Waals surface area (Å²) in [6.07, 6.45) is 1.92. The van der Waals surface area contributed by atoms with E-state index < -0.39 is 0 Å². The van der Waals surface area contributed by atoms with Crippen molar-refractivity contribution in [2.45, 2.75) is 0 Å². The molecule has 262 valence electrons. The van der Waals surface area contributed by atoms with Gasteiger partial charge >= 0.3 is 0 Å². The molecule has 56 heavy (non-hydrogen) atoms. The first-order valence-electron chi connectivity index (χ1n) is 19.1. The number of benzene rings is 8. The van der Waals surface area contributed by atoms with Crippen LogP contribution >= 0.6 is 0 Å². The lowest BCUT2D eigenvalue weighted by atomic mass is 9.98. The second-order valence-electron chi connectivity index (χ2n) is 14.4. The molecule has 0 radical (unpaired) electrons. The molecular formula is C53H35N3. The van der Waals surface area contributed by atoms with Crippen molar-refractivity contribution >= 4 is 43.7 Å². The Balaban J connectivity index is 1.25. The molecule has 0 saturated heterocycles. The zero-order chi connectivity index (χ0) is 37.0. The Morgan fingerprint density at radius 1 is 0.304 bits per heavy atom. The first-order valence-corrected chi connectivity index (χ1v) is 19.1. The standard InChI is InChI=1S/C53H35N3/c1-5-16-36(17-6-1)40-30-41(37-18-7-2-8-19-37)33-44(32-40)55-49-26-14-13-24-46(49)47-27-28-50-51(52(47)55)48-25-15-29-54-53(48)56(50)45-34-42(38-20-9-3-10-21-38)31-43(35-45)39-22-11-4-12-23-39/h1-35H. The molecule has 11 rings (SSSR count). The summed E-state index contributed by atoms with van der Waals surface area (Å²) in [4.78, 5) is 5.12. The minimum atomic E-state index is 0.930. The molecule has 0 amide bonds. The van der Waals surface area contributed by atoms with E-state index in [1.165, 1.54) is 60.6 Å². The van der Waals surface area contributed by atoms with E-state index in [0.29, 0.717) is 0 Å². The number of para-hydroxylation sites is 1. The second kappa shape index (κ2) is 13.1. The highest BCUT2D eigenvalue weighted by molar-refractivity contribution is 6.25. The van der Waals surface area contributed by atoms with Gasteiger partial charge in [-0.3, -0.25) is 4.57 Å². The van der Waals surface area contributed by atoms with Crippen LogP contribution in [0.3, 0.4) is 0 Å². The van der Waals surface area contributed by atoms with Gasteiger partial charge in [0.25, 0.3) is 0 Å². The highest BCUT2D eigenvalue weighted by Gasteiger charge is 2.22. The van der Waals surface area contributed by atoms with Crippen molar-refractivity contribution in [2.75, 3.05) is 0 Å². The van der Waals surface area contributed by atoms with Crippen LogP contribution in [0.5, 0.6) is 0 Å². The van der Waals surface area contributed by atoms with E-state index in [-0.39, 0.29) is 0 Å². The topological polar surface area (TPSA) is 22.8 Å². The molecular weight excluding hydrogens is 679 g/mol. The van der Waals surface area contributed by atoms with Gasteiger partial charge in [-0.25, -0.2) is 4.98 Å². The number of pyridine rings is 1. The number of aromatic nitrogens is 3. The van der Waals surface area contributed by atoms with Crippen molar-refractivity contribution in [1.82, 2.24) is 14.1 Å². The maximum atomic E-state index is 5.12. The molecule has 3 aromatic heterocycles. The molecule has 0 fully saturated rings. The molecule has 0 bridgehead atoms. The average Bonchev–Trinajstić information content (AvgIpc) is 3.80. The van der Waals surface area contributed by atoms with Crippen molar-refractivity contribution in [3.8, 4) is 55.9 Å². The quantitative estimate of drug-likeness (QED) is 0.168. The predicted molar refractivity (Wildman–Crippen MR) is 235 cm³/mol. The zero-order valence-electron chi connectivity index (χ0n) is 30.5. The van der Waals surface area contributed by atoms with Gasteiger partial charge in [0, 0.05) is 39.1 Å². The van der Waals surface area contributed by atoms with E-state index in [2.05, 4.69) is 215 Å². The third-order valence-electron chi connectivity index (χ3n) is 11.1. The first kappa shape index (κ1) is 32.0. The monoisotopic (exact) mass is 713 g/mol. The maximum absolute atomic E-state index is 5.12. The first-order chi connectivity index (χ1) is 27.8. The molecule has 3 heteroatoms. The summed E-state index contributed by atoms with van der Waals surface area (Å²) < 4.78 is 4.85. The van der Waals surface area contributed by atoms with Crippen LogP contribution < -0.4 is 0 Å². The molecule has 3 nitrogen and oxygen atoms in total. The van der Waals surface area contributed by atoms with Crippen LogP contribution in [0.1, 0.15) is 0 Å². The van der Waals surface area contributed by atoms with Crippen molar-refractivity contribution in [3.05, 3.63) is 212 Å². The molecule has 11 aromatic rings. The van der Waals surface area contributed by atoms with E-state index in [1.54, 1.807) is 0 Å². The fourth-order valence-corrected chi connectivity index (χ4v) is 8.58. The Bertz CT molecular complexity index is 3100. The largest absolute Gasteiger partial charge is 0.308 e. The summed E-state index contributed by atoms with van der Waals surface area (Å²) in [7, 11) is 0. The minimum absolute atomic E-state index is 0.930. The summed E-state index contributed by atoms with van der Waals surface area (Å²) in [5, 5.41) is 4.73. The molecule has 0 spiro atoms. The number of hydrogen-bond donors (Lipinski definition) is 0. The summed E-state index contributed by atoms with van der Waals surface area (Å²) >= 11 is 0. The Morgan fingerprint density at radius 3 is 1.27 bits per heavy atom. The number of rotatable bonds is 6. The Labute approximate surface area is 325 Å². The number of hydrogen-bond acceptors (Lipinski definition) is 1. The predicted octanol–water partition coefficient (Wildman–Crippen LogP) is 13.9. The summed E-state index contributed by atoms with van der Waals surface area (Å²) in [6.45, 7) is 0. The highest BCUT2D eigenvalue weighted by Crippen LogP contribution is 2.43. The van der Waals surface area contributed by atoms with Crippen LogP contribution in [0.15, 0.2) is 212 Å². The van der Waals surface area contributed by atoms with Crippen molar-refractivity contribution in [3.63, 3.8) is 0 Å². The molecule has 0 aliphatic rings. The Morgan fingerprint density at radius 2 is 0.750 bits per heavy atom. The fraction of sp³-hybridized carbons (Fsp3) is 0. The van der Waals surface area contributed by atoms with Gasteiger partial charge in [0.2, 0.25) is 0 Å². The van der Waals surface area contributed by atoms with Gasteiger partial charge in [0.1, 0.15) is 5.65 Å². The third-order valence-corrected chi connectivity index (χ3v) is 11.1. The van der Waals surface area contributed by atoms with E-state index in [4.69, 9.17) is 4.98 Å². The van der Waals surface area contributed by atoms with Crippen LogP contribution in [0.2, 0.25) is 0 Å². The van der Waals surface area contributed by atoms with Crippen LogP contribution in [-0.2, 0) is 0 Å². The number of nitrogens with zero attached hydrogens (tertiary/aromatic N) is 3. The summed E-state index contributed by atoms with van der Waals surface area (Å²) in [5.41, 5.74) is 16.0. The minimum Gasteiger partial charge on any atom is -0.308 e. The van der Waals surface area contributed by atoms with Gasteiger partial charge in [-0.2, -0.15) is 0 Å². The van der Waals surface area contributed by atoms with E-state index in [9.17, 15) is 0 Å². The van der Waals surface area contributed by atoms with Crippen LogP contribution in [0, 0.1) is 0 Å². The molecule has 0 N–H and O–H groups in total. The second-order valence-corrected chi connectivity index (χ2v) is 14.4. The van der Waals surface area contributed by atoms with Crippen molar-refractivity contribution < 1.29 is 0 Å². The molecule has 0 saturated carbocycles. The fourth-order valence-electron chi connectivity index (χ4n) is 8.58.